The van der Waals surface area contributed by atoms with Crippen molar-refractivity contribution in [3.05, 3.63) is 40.9 Å². The number of hydrogen-bond acceptors (Lipinski definition) is 3. The van der Waals surface area contributed by atoms with Gasteiger partial charge >= 0.3 is 0 Å². The largest absolute Gasteiger partial charge is 0.545 e. The van der Waals surface area contributed by atoms with Crippen LogP contribution in [0, 0.1) is 0 Å². The van der Waals surface area contributed by atoms with Crippen LogP contribution in [0.5, 0.6) is 0 Å². The smallest absolute Gasteiger partial charge is 0.0718 e. The molecule has 0 saturated carbocycles. The molecule has 3 nitrogen and oxygen atoms in total. The number of carbonyl (C=O) groups is 1. The predicted molar refractivity (Wildman–Crippen MR) is 89.1 cm³/mol. The van der Waals surface area contributed by atoms with Gasteiger partial charge in [0.25, 0.3) is 0 Å². The van der Waals surface area contributed by atoms with Crippen molar-refractivity contribution in [2.75, 3.05) is 7.05 Å². The normalized spacial score (nSPS) is 28.3. The number of benzene rings is 1. The lowest BCUT2D eigenvalue weighted by atomic mass is 9.85. The van der Waals surface area contributed by atoms with Crippen molar-refractivity contribution >= 4 is 35.6 Å². The van der Waals surface area contributed by atoms with Gasteiger partial charge in [0.15, 0.2) is 0 Å². The molecule has 0 N–H and O–H groups in total. The summed E-state index contributed by atoms with van der Waals surface area (Å²) in [5, 5.41) is 12.2. The number of carbonyl (C=O) groups excluding carboxylic acids is 1. The molecule has 0 aliphatic carbocycles. The SMILES string of the molecule is CN1[C@@H]2CCC[C@@]1(/C=C(/C(=O)[O-])c1ccc(Cl)cc1)CC2.Cl. The van der Waals surface area contributed by atoms with E-state index in [2.05, 4.69) is 11.9 Å². The monoisotopic (exact) mass is 340 g/mol. The molecule has 120 valence electrons. The second-order valence-corrected chi connectivity index (χ2v) is 6.59. The Morgan fingerprint density at radius 1 is 1.32 bits per heavy atom. The number of nitrogens with zero attached hydrogens (tertiary/aromatic N) is 1. The molecular formula is C17H20Cl2NO2-. The van der Waals surface area contributed by atoms with Gasteiger partial charge in [0.1, 0.15) is 0 Å². The van der Waals surface area contributed by atoms with E-state index in [4.69, 9.17) is 11.6 Å². The van der Waals surface area contributed by atoms with Crippen molar-refractivity contribution in [3.8, 4) is 0 Å². The first-order valence-electron chi connectivity index (χ1n) is 7.45. The van der Waals surface area contributed by atoms with Crippen LogP contribution in [0.4, 0.5) is 0 Å². The Labute approximate surface area is 142 Å². The van der Waals surface area contributed by atoms with Crippen LogP contribution >= 0.6 is 24.0 Å². The summed E-state index contributed by atoms with van der Waals surface area (Å²) in [6.45, 7) is 0. The molecule has 5 heteroatoms. The topological polar surface area (TPSA) is 43.4 Å². The third-order valence-corrected chi connectivity index (χ3v) is 5.35. The van der Waals surface area contributed by atoms with Crippen LogP contribution in [-0.4, -0.2) is 29.5 Å². The number of piperidine rings is 1. The molecule has 2 bridgehead atoms. The standard InChI is InChI=1S/C17H20ClNO2.ClH/c1-19-14-3-2-9-17(19,10-8-14)11-15(16(20)21)12-4-6-13(18)7-5-12;/h4-7,11,14H,2-3,8-10H2,1H3,(H,20,21);1H/p-1/b15-11+;/t14-,17+;/m1./s1. The maximum Gasteiger partial charge on any atom is 0.0718 e. The predicted octanol–water partition coefficient (Wildman–Crippen LogP) is 2.91. The van der Waals surface area contributed by atoms with Crippen molar-refractivity contribution in [3.63, 3.8) is 0 Å². The molecular weight excluding hydrogens is 321 g/mol. The fourth-order valence-corrected chi connectivity index (χ4v) is 3.96. The Bertz CT molecular complexity index is 581. The molecule has 2 aliphatic rings. The maximum absolute atomic E-state index is 11.6. The number of rotatable bonds is 3. The first kappa shape index (κ1) is 17.3. The summed E-state index contributed by atoms with van der Waals surface area (Å²) < 4.78 is 0. The van der Waals surface area contributed by atoms with E-state index < -0.39 is 5.97 Å². The number of aliphatic carboxylic acids is 1. The molecule has 0 radical (unpaired) electrons. The third kappa shape index (κ3) is 3.03. The van der Waals surface area contributed by atoms with Gasteiger partial charge in [-0.05, 0) is 56.8 Å². The van der Waals surface area contributed by atoms with E-state index in [1.165, 1.54) is 6.42 Å². The average Bonchev–Trinajstić information content (AvgIpc) is 2.64. The first-order chi connectivity index (χ1) is 10.0. The van der Waals surface area contributed by atoms with E-state index in [1.807, 2.05) is 6.08 Å². The number of carboxylic acid groups (broad SMARTS) is 1. The Morgan fingerprint density at radius 3 is 2.64 bits per heavy atom. The molecule has 22 heavy (non-hydrogen) atoms. The van der Waals surface area contributed by atoms with Crippen LogP contribution in [0.2, 0.25) is 5.02 Å². The quantitative estimate of drug-likeness (QED) is 0.794. The Balaban J connectivity index is 0.00000176. The van der Waals surface area contributed by atoms with Gasteiger partial charge in [-0.3, -0.25) is 4.90 Å². The average molecular weight is 341 g/mol. The fourth-order valence-electron chi connectivity index (χ4n) is 3.84. The third-order valence-electron chi connectivity index (χ3n) is 5.10. The van der Waals surface area contributed by atoms with E-state index >= 15 is 0 Å². The highest BCUT2D eigenvalue weighted by Gasteiger charge is 2.45. The van der Waals surface area contributed by atoms with Crippen molar-refractivity contribution < 1.29 is 9.90 Å². The minimum atomic E-state index is -1.12. The first-order valence-corrected chi connectivity index (χ1v) is 7.83. The summed E-state index contributed by atoms with van der Waals surface area (Å²) in [6, 6.07) is 7.51. The molecule has 3 rings (SSSR count). The van der Waals surface area contributed by atoms with Gasteiger partial charge in [0.05, 0.1) is 5.97 Å². The van der Waals surface area contributed by atoms with Crippen LogP contribution < -0.4 is 5.11 Å². The zero-order valence-corrected chi connectivity index (χ0v) is 14.1. The summed E-state index contributed by atoms with van der Waals surface area (Å²) in [5.74, 6) is -1.12. The van der Waals surface area contributed by atoms with Gasteiger partial charge in [-0.25, -0.2) is 0 Å². The molecule has 0 amide bonds. The second kappa shape index (κ2) is 6.61. The Kier molecular flexibility index (Phi) is 5.21. The minimum absolute atomic E-state index is 0. The molecule has 2 saturated heterocycles. The van der Waals surface area contributed by atoms with E-state index in [1.54, 1.807) is 24.3 Å². The highest BCUT2D eigenvalue weighted by molar-refractivity contribution is 6.30. The molecule has 2 heterocycles. The lowest BCUT2D eigenvalue weighted by Gasteiger charge is -2.41. The van der Waals surface area contributed by atoms with Crippen LogP contribution in [-0.2, 0) is 4.79 Å². The summed E-state index contributed by atoms with van der Waals surface area (Å²) in [5.41, 5.74) is 0.815. The maximum atomic E-state index is 11.6. The zero-order valence-electron chi connectivity index (χ0n) is 12.5. The van der Waals surface area contributed by atoms with Gasteiger partial charge in [-0.2, -0.15) is 0 Å². The Hall–Kier alpha value is -1.03. The van der Waals surface area contributed by atoms with Gasteiger partial charge in [0.2, 0.25) is 0 Å². The molecule has 2 aliphatic heterocycles. The van der Waals surface area contributed by atoms with E-state index in [0.717, 1.165) is 25.7 Å². The summed E-state index contributed by atoms with van der Waals surface area (Å²) >= 11 is 5.88. The van der Waals surface area contributed by atoms with E-state index in [-0.39, 0.29) is 23.5 Å². The number of hydrogen-bond donors (Lipinski definition) is 0. The van der Waals surface area contributed by atoms with Crippen molar-refractivity contribution in [2.24, 2.45) is 0 Å². The minimum Gasteiger partial charge on any atom is -0.545 e. The number of carboxylic acids is 1. The number of halogens is 2. The molecule has 0 aromatic heterocycles. The van der Waals surface area contributed by atoms with E-state index in [0.29, 0.717) is 16.6 Å². The van der Waals surface area contributed by atoms with E-state index in [9.17, 15) is 9.90 Å². The summed E-state index contributed by atoms with van der Waals surface area (Å²) in [7, 11) is 2.11. The Morgan fingerprint density at radius 2 is 2.00 bits per heavy atom. The second-order valence-electron chi connectivity index (χ2n) is 6.15. The molecule has 1 aromatic carbocycles. The van der Waals surface area contributed by atoms with Crippen LogP contribution in [0.3, 0.4) is 0 Å². The molecule has 0 spiro atoms. The van der Waals surface area contributed by atoms with Crippen molar-refractivity contribution in [2.45, 2.75) is 43.7 Å². The lowest BCUT2D eigenvalue weighted by Crippen LogP contribution is -2.47. The molecule has 2 fully saturated rings. The highest BCUT2D eigenvalue weighted by atomic mass is 35.5. The molecule has 1 aromatic rings. The summed E-state index contributed by atoms with van der Waals surface area (Å²) in [6.07, 6.45) is 7.49. The van der Waals surface area contributed by atoms with Crippen LogP contribution in [0.1, 0.15) is 37.7 Å². The molecule has 0 unspecified atom stereocenters. The number of fused-ring (bicyclic) bond motifs is 2. The van der Waals surface area contributed by atoms with Crippen molar-refractivity contribution in [1.82, 2.24) is 4.90 Å². The summed E-state index contributed by atoms with van der Waals surface area (Å²) in [4.78, 5) is 14.0. The van der Waals surface area contributed by atoms with Gasteiger partial charge in [-0.1, -0.05) is 29.8 Å². The molecule has 2 atom stereocenters. The van der Waals surface area contributed by atoms with Gasteiger partial charge < -0.3 is 9.90 Å². The van der Waals surface area contributed by atoms with Gasteiger partial charge in [-0.15, -0.1) is 12.4 Å². The van der Waals surface area contributed by atoms with Crippen molar-refractivity contribution in [1.29, 1.82) is 0 Å². The van der Waals surface area contributed by atoms with Gasteiger partial charge in [0, 0.05) is 22.2 Å². The van der Waals surface area contributed by atoms with Crippen LogP contribution in [0.25, 0.3) is 5.57 Å². The number of likely N-dealkylation sites (N-methyl/N-ethyl adjacent to an activating group) is 1. The van der Waals surface area contributed by atoms with Crippen LogP contribution in [0.15, 0.2) is 30.3 Å². The highest BCUT2D eigenvalue weighted by Crippen LogP contribution is 2.45. The fraction of sp³-hybridized carbons (Fsp3) is 0.471. The lowest BCUT2D eigenvalue weighted by molar-refractivity contribution is -0.295. The zero-order chi connectivity index (χ0) is 15.0.